The predicted octanol–water partition coefficient (Wildman–Crippen LogP) is 3.69. The number of fused-ring (bicyclic) bond motifs is 1. The molecule has 0 aliphatic heterocycles. The second-order valence-electron chi connectivity index (χ2n) is 7.23. The van der Waals surface area contributed by atoms with Gasteiger partial charge in [-0.1, -0.05) is 36.4 Å². The van der Waals surface area contributed by atoms with Gasteiger partial charge in [-0.2, -0.15) is 5.10 Å². The first kappa shape index (κ1) is 18.1. The van der Waals surface area contributed by atoms with Gasteiger partial charge in [-0.05, 0) is 29.3 Å². The van der Waals surface area contributed by atoms with Gasteiger partial charge in [-0.25, -0.2) is 9.97 Å². The Labute approximate surface area is 172 Å². The van der Waals surface area contributed by atoms with Crippen molar-refractivity contribution >= 4 is 16.9 Å². The third-order valence-electron chi connectivity index (χ3n) is 5.15. The van der Waals surface area contributed by atoms with Crippen molar-refractivity contribution in [2.45, 2.75) is 6.10 Å². The van der Waals surface area contributed by atoms with Crippen LogP contribution >= 0.6 is 0 Å². The summed E-state index contributed by atoms with van der Waals surface area (Å²) in [6.45, 7) is 0. The molecule has 7 heteroatoms. The summed E-state index contributed by atoms with van der Waals surface area (Å²) in [5, 5.41) is 14.9. The molecule has 0 saturated carbocycles. The van der Waals surface area contributed by atoms with Crippen molar-refractivity contribution in [3.63, 3.8) is 0 Å². The first-order valence-corrected chi connectivity index (χ1v) is 9.56. The second kappa shape index (κ2) is 7.13. The van der Waals surface area contributed by atoms with Gasteiger partial charge >= 0.3 is 0 Å². The number of nitrogens with two attached hydrogens (primary N) is 1. The van der Waals surface area contributed by atoms with E-state index in [9.17, 15) is 5.11 Å². The monoisotopic (exact) mass is 396 g/mol. The largest absolute Gasteiger partial charge is 0.384 e. The summed E-state index contributed by atoms with van der Waals surface area (Å²) in [5.74, 6) is 1.03. The van der Waals surface area contributed by atoms with E-state index >= 15 is 0 Å². The van der Waals surface area contributed by atoms with E-state index in [0.717, 1.165) is 38.9 Å². The Morgan fingerprint density at radius 2 is 1.83 bits per heavy atom. The highest BCUT2D eigenvalue weighted by Gasteiger charge is 2.15. The van der Waals surface area contributed by atoms with Crippen molar-refractivity contribution < 1.29 is 5.11 Å². The average Bonchev–Trinajstić information content (AvgIpc) is 3.39. The molecule has 148 valence electrons. The Kier molecular flexibility index (Phi) is 4.30. The topological polar surface area (TPSA) is 106 Å². The normalized spacial score (nSPS) is 12.3. The molecule has 1 unspecified atom stereocenters. The van der Waals surface area contributed by atoms with Gasteiger partial charge in [0.05, 0.1) is 22.8 Å². The maximum Gasteiger partial charge on any atom is 0.142 e. The van der Waals surface area contributed by atoms with Crippen LogP contribution in [0.1, 0.15) is 17.2 Å². The number of anilines is 1. The predicted molar refractivity (Wildman–Crippen MR) is 116 cm³/mol. The summed E-state index contributed by atoms with van der Waals surface area (Å²) >= 11 is 0. The van der Waals surface area contributed by atoms with Crippen molar-refractivity contribution in [3.05, 3.63) is 84.3 Å². The minimum atomic E-state index is -0.706. The summed E-state index contributed by atoms with van der Waals surface area (Å²) in [5.41, 5.74) is 12.0. The fraction of sp³-hybridized carbons (Fsp3) is 0.0870. The van der Waals surface area contributed by atoms with Crippen LogP contribution in [0.4, 0.5) is 5.82 Å². The van der Waals surface area contributed by atoms with Crippen molar-refractivity contribution in [2.75, 3.05) is 5.73 Å². The van der Waals surface area contributed by atoms with E-state index in [2.05, 4.69) is 20.1 Å². The smallest absolute Gasteiger partial charge is 0.142 e. The number of hydrogen-bond donors (Lipinski definition) is 3. The number of benzene rings is 2. The van der Waals surface area contributed by atoms with Crippen molar-refractivity contribution in [1.29, 1.82) is 0 Å². The SMILES string of the molecule is Cn1cc(-c2cnc(N)c(-c3nc4ccc(C(O)c5ccccc5)cc4[nH]3)c2)cn1. The number of nitrogens with one attached hydrogen (secondary N) is 1. The molecular formula is C23H20N6O. The maximum atomic E-state index is 10.7. The molecule has 1 atom stereocenters. The van der Waals surface area contributed by atoms with Gasteiger partial charge in [0.2, 0.25) is 0 Å². The molecule has 5 aromatic rings. The van der Waals surface area contributed by atoms with Crippen LogP contribution in [-0.4, -0.2) is 29.8 Å². The van der Waals surface area contributed by atoms with Gasteiger partial charge in [-0.15, -0.1) is 0 Å². The number of imidazole rings is 1. The van der Waals surface area contributed by atoms with Crippen LogP contribution < -0.4 is 5.73 Å². The highest BCUT2D eigenvalue weighted by Crippen LogP contribution is 2.30. The van der Waals surface area contributed by atoms with Crippen molar-refractivity contribution in [1.82, 2.24) is 24.7 Å². The Bertz CT molecular complexity index is 1340. The average molecular weight is 396 g/mol. The van der Waals surface area contributed by atoms with Crippen LogP contribution in [0.3, 0.4) is 0 Å². The van der Waals surface area contributed by atoms with Crippen LogP contribution in [0.2, 0.25) is 0 Å². The van der Waals surface area contributed by atoms with Crippen LogP contribution in [0, 0.1) is 0 Å². The van der Waals surface area contributed by atoms with Gasteiger partial charge in [0.25, 0.3) is 0 Å². The number of H-pyrrole nitrogens is 1. The highest BCUT2D eigenvalue weighted by atomic mass is 16.3. The number of aliphatic hydroxyl groups is 1. The van der Waals surface area contributed by atoms with Gasteiger partial charge in [0.1, 0.15) is 17.7 Å². The maximum absolute atomic E-state index is 10.7. The number of hydrogen-bond acceptors (Lipinski definition) is 5. The van der Waals surface area contributed by atoms with Crippen LogP contribution in [0.15, 0.2) is 73.2 Å². The molecule has 0 aliphatic rings. The molecule has 7 nitrogen and oxygen atoms in total. The number of aliphatic hydroxyl groups excluding tert-OH is 1. The summed E-state index contributed by atoms with van der Waals surface area (Å²) in [4.78, 5) is 12.3. The zero-order valence-corrected chi connectivity index (χ0v) is 16.3. The fourth-order valence-electron chi connectivity index (χ4n) is 3.55. The molecule has 3 aromatic heterocycles. The minimum absolute atomic E-state index is 0.395. The Morgan fingerprint density at radius 3 is 2.60 bits per heavy atom. The number of nitrogens with zero attached hydrogens (tertiary/aromatic N) is 4. The molecular weight excluding hydrogens is 376 g/mol. The fourth-order valence-corrected chi connectivity index (χ4v) is 3.55. The number of aromatic nitrogens is 5. The van der Waals surface area contributed by atoms with E-state index in [4.69, 9.17) is 5.73 Å². The lowest BCUT2D eigenvalue weighted by Gasteiger charge is -2.11. The summed E-state index contributed by atoms with van der Waals surface area (Å²) < 4.78 is 1.74. The molecule has 2 aromatic carbocycles. The van der Waals surface area contributed by atoms with E-state index in [-0.39, 0.29) is 0 Å². The lowest BCUT2D eigenvalue weighted by Crippen LogP contribution is -1.98. The minimum Gasteiger partial charge on any atom is -0.384 e. The van der Waals surface area contributed by atoms with E-state index in [0.29, 0.717) is 11.6 Å². The molecule has 4 N–H and O–H groups in total. The molecule has 30 heavy (non-hydrogen) atoms. The van der Waals surface area contributed by atoms with E-state index in [1.165, 1.54) is 0 Å². The number of rotatable bonds is 4. The first-order valence-electron chi connectivity index (χ1n) is 9.56. The first-order chi connectivity index (χ1) is 14.6. The van der Waals surface area contributed by atoms with Crippen molar-refractivity contribution in [3.8, 4) is 22.5 Å². The molecule has 0 fully saturated rings. The van der Waals surface area contributed by atoms with Gasteiger partial charge < -0.3 is 15.8 Å². The molecule has 0 spiro atoms. The summed E-state index contributed by atoms with van der Waals surface area (Å²) in [7, 11) is 1.87. The lowest BCUT2D eigenvalue weighted by molar-refractivity contribution is 0.220. The highest BCUT2D eigenvalue weighted by molar-refractivity contribution is 5.83. The number of nitrogen functional groups attached to an aromatic ring is 1. The van der Waals surface area contributed by atoms with E-state index in [1.807, 2.05) is 67.8 Å². The van der Waals surface area contributed by atoms with Crippen LogP contribution in [0.5, 0.6) is 0 Å². The standard InChI is InChI=1S/C23H20N6O/c1-29-13-17(12-26-29)16-9-18(22(24)25-11-16)23-27-19-8-7-15(10-20(19)28-23)21(30)14-5-3-2-4-6-14/h2-13,21,30H,1H3,(H2,24,25)(H,27,28). The third-order valence-corrected chi connectivity index (χ3v) is 5.15. The Hall–Kier alpha value is -3.97. The van der Waals surface area contributed by atoms with E-state index < -0.39 is 6.10 Å². The molecule has 3 heterocycles. The second-order valence-corrected chi connectivity index (χ2v) is 7.23. The number of aryl methyl sites for hydroxylation is 1. The Balaban J connectivity index is 1.54. The van der Waals surface area contributed by atoms with Gasteiger partial charge in [0, 0.05) is 30.6 Å². The molecule has 0 aliphatic carbocycles. The van der Waals surface area contributed by atoms with Crippen LogP contribution in [0.25, 0.3) is 33.5 Å². The lowest BCUT2D eigenvalue weighted by atomic mass is 10.0. The molecule has 0 bridgehead atoms. The number of pyridine rings is 1. The molecule has 0 amide bonds. The summed E-state index contributed by atoms with van der Waals surface area (Å²) in [6.07, 6.45) is 4.73. The van der Waals surface area contributed by atoms with Gasteiger partial charge in [0.15, 0.2) is 0 Å². The molecule has 0 saturated heterocycles. The Morgan fingerprint density at radius 1 is 1.00 bits per heavy atom. The van der Waals surface area contributed by atoms with Crippen molar-refractivity contribution in [2.24, 2.45) is 7.05 Å². The summed E-state index contributed by atoms with van der Waals surface area (Å²) in [6, 6.07) is 17.2. The zero-order chi connectivity index (χ0) is 20.7. The zero-order valence-electron chi connectivity index (χ0n) is 16.3. The molecule has 0 radical (unpaired) electrons. The number of aromatic amines is 1. The van der Waals surface area contributed by atoms with E-state index in [1.54, 1.807) is 17.1 Å². The van der Waals surface area contributed by atoms with Gasteiger partial charge in [-0.3, -0.25) is 4.68 Å². The molecule has 5 rings (SSSR count). The van der Waals surface area contributed by atoms with Crippen LogP contribution in [-0.2, 0) is 7.05 Å². The third kappa shape index (κ3) is 3.21. The quantitative estimate of drug-likeness (QED) is 0.430.